The number of amidine groups is 1. The molecule has 2 aliphatic heterocycles. The topological polar surface area (TPSA) is 42.6 Å². The maximum atomic E-state index is 6.13. The summed E-state index contributed by atoms with van der Waals surface area (Å²) < 4.78 is 7.47. The molecule has 0 amide bonds. The van der Waals surface area contributed by atoms with Crippen molar-refractivity contribution in [2.75, 3.05) is 12.0 Å². The summed E-state index contributed by atoms with van der Waals surface area (Å²) >= 11 is 6.13. The van der Waals surface area contributed by atoms with E-state index in [1.165, 1.54) is 0 Å². The van der Waals surface area contributed by atoms with Crippen molar-refractivity contribution in [1.82, 2.24) is 9.78 Å². The lowest BCUT2D eigenvalue weighted by Gasteiger charge is -2.39. The Kier molecular flexibility index (Phi) is 4.59. The van der Waals surface area contributed by atoms with E-state index in [2.05, 4.69) is 53.5 Å². The molecule has 5 nitrogen and oxygen atoms in total. The van der Waals surface area contributed by atoms with Crippen LogP contribution >= 0.6 is 11.6 Å². The van der Waals surface area contributed by atoms with Crippen LogP contribution in [0.3, 0.4) is 0 Å². The van der Waals surface area contributed by atoms with E-state index in [-0.39, 0.29) is 6.04 Å². The van der Waals surface area contributed by atoms with Crippen LogP contribution in [0.25, 0.3) is 11.8 Å². The van der Waals surface area contributed by atoms with Gasteiger partial charge in [-0.3, -0.25) is 0 Å². The molecule has 0 saturated carbocycles. The van der Waals surface area contributed by atoms with Crippen molar-refractivity contribution in [2.24, 2.45) is 4.99 Å². The van der Waals surface area contributed by atoms with Gasteiger partial charge in [0, 0.05) is 10.6 Å². The first-order valence-electron chi connectivity index (χ1n) is 10.8. The molecule has 1 aromatic heterocycles. The highest BCUT2D eigenvalue weighted by atomic mass is 35.5. The summed E-state index contributed by atoms with van der Waals surface area (Å²) in [5.74, 6) is 2.53. The Morgan fingerprint density at radius 3 is 2.58 bits per heavy atom. The molecule has 0 N–H and O–H groups in total. The molecule has 0 aliphatic carbocycles. The summed E-state index contributed by atoms with van der Waals surface area (Å²) in [4.78, 5) is 7.40. The van der Waals surface area contributed by atoms with Crippen LogP contribution in [0.1, 0.15) is 28.4 Å². The van der Waals surface area contributed by atoms with Crippen molar-refractivity contribution < 1.29 is 4.74 Å². The predicted molar refractivity (Wildman–Crippen MR) is 133 cm³/mol. The Morgan fingerprint density at radius 1 is 0.939 bits per heavy atom. The van der Waals surface area contributed by atoms with E-state index in [0.717, 1.165) is 51.2 Å². The fourth-order valence-electron chi connectivity index (χ4n) is 4.66. The number of rotatable bonds is 3. The average molecular weight is 453 g/mol. The third kappa shape index (κ3) is 3.16. The molecule has 0 bridgehead atoms. The first-order valence-corrected chi connectivity index (χ1v) is 11.2. The number of aromatic nitrogens is 2. The van der Waals surface area contributed by atoms with Crippen LogP contribution < -0.4 is 9.64 Å². The average Bonchev–Trinajstić information content (AvgIpc) is 3.19. The summed E-state index contributed by atoms with van der Waals surface area (Å²) in [6.45, 7) is 2.05. The van der Waals surface area contributed by atoms with Crippen LogP contribution in [0.2, 0.25) is 5.02 Å². The van der Waals surface area contributed by atoms with Gasteiger partial charge in [0.25, 0.3) is 0 Å². The first-order chi connectivity index (χ1) is 16.1. The van der Waals surface area contributed by atoms with Gasteiger partial charge in [-0.25, -0.2) is 9.67 Å². The van der Waals surface area contributed by atoms with E-state index < -0.39 is 0 Å². The molecule has 0 spiro atoms. The van der Waals surface area contributed by atoms with Crippen molar-refractivity contribution >= 4 is 35.0 Å². The zero-order chi connectivity index (χ0) is 22.5. The summed E-state index contributed by atoms with van der Waals surface area (Å²) in [5, 5.41) is 5.60. The van der Waals surface area contributed by atoms with E-state index in [1.54, 1.807) is 7.11 Å². The van der Waals surface area contributed by atoms with Gasteiger partial charge in [-0.2, -0.15) is 5.10 Å². The van der Waals surface area contributed by atoms with E-state index in [1.807, 2.05) is 48.0 Å². The van der Waals surface area contributed by atoms with Crippen molar-refractivity contribution in [3.05, 3.63) is 106 Å². The number of nitrogens with zero attached hydrogens (tertiary/aromatic N) is 4. The standard InChI is InChI=1S/C27H21ClN4O/c1-17-25-26(19-7-5-8-22(16-19)33-2)31-23-9-4-3-6-18(23)10-15-24(31)29-27(25)32(30-17)21-13-11-20(28)12-14-21/h3-16,26H,1-2H3. The molecule has 3 heterocycles. The largest absolute Gasteiger partial charge is 0.497 e. The van der Waals surface area contributed by atoms with Crippen LogP contribution in [0.5, 0.6) is 5.75 Å². The highest BCUT2D eigenvalue weighted by molar-refractivity contribution is 6.30. The smallest absolute Gasteiger partial charge is 0.163 e. The van der Waals surface area contributed by atoms with Gasteiger partial charge in [-0.05, 0) is 72.7 Å². The van der Waals surface area contributed by atoms with E-state index in [4.69, 9.17) is 26.4 Å². The Morgan fingerprint density at radius 2 is 1.76 bits per heavy atom. The molecule has 0 fully saturated rings. The summed E-state index contributed by atoms with van der Waals surface area (Å²) in [7, 11) is 1.70. The van der Waals surface area contributed by atoms with Crippen LogP contribution in [0.4, 0.5) is 11.5 Å². The van der Waals surface area contributed by atoms with Gasteiger partial charge in [0.05, 0.1) is 30.2 Å². The minimum Gasteiger partial charge on any atom is -0.497 e. The molecule has 6 heteroatoms. The van der Waals surface area contributed by atoms with Gasteiger partial charge in [0.15, 0.2) is 5.82 Å². The van der Waals surface area contributed by atoms with Crippen molar-refractivity contribution in [3.8, 4) is 11.4 Å². The molecule has 0 radical (unpaired) electrons. The third-order valence-electron chi connectivity index (χ3n) is 6.17. The summed E-state index contributed by atoms with van der Waals surface area (Å²) in [6, 6.07) is 24.2. The second kappa shape index (κ2) is 7.64. The van der Waals surface area contributed by atoms with E-state index >= 15 is 0 Å². The quantitative estimate of drug-likeness (QED) is 0.356. The summed E-state index contributed by atoms with van der Waals surface area (Å²) in [5.41, 5.74) is 6.33. The second-order valence-electron chi connectivity index (χ2n) is 8.12. The van der Waals surface area contributed by atoms with Crippen LogP contribution in [-0.2, 0) is 0 Å². The summed E-state index contributed by atoms with van der Waals surface area (Å²) in [6.07, 6.45) is 4.20. The Bertz CT molecular complexity index is 1440. The molecule has 162 valence electrons. The minimum atomic E-state index is -0.102. The number of benzene rings is 3. The first kappa shape index (κ1) is 19.8. The fraction of sp³-hybridized carbons (Fsp3) is 0.111. The van der Waals surface area contributed by atoms with Crippen LogP contribution in [-0.4, -0.2) is 22.7 Å². The molecular formula is C27H21ClN4O. The number of methoxy groups -OCH3 is 1. The normalized spacial score (nSPS) is 16.0. The van der Waals surface area contributed by atoms with E-state index in [0.29, 0.717) is 5.02 Å². The lowest BCUT2D eigenvalue weighted by molar-refractivity contribution is 0.414. The molecule has 2 aliphatic rings. The van der Waals surface area contributed by atoms with Gasteiger partial charge in [0.1, 0.15) is 11.6 Å². The molecule has 1 atom stereocenters. The second-order valence-corrected chi connectivity index (χ2v) is 8.56. The third-order valence-corrected chi connectivity index (χ3v) is 6.42. The van der Waals surface area contributed by atoms with Crippen molar-refractivity contribution in [3.63, 3.8) is 0 Å². The minimum absolute atomic E-state index is 0.102. The Labute approximate surface area is 197 Å². The molecule has 0 saturated heterocycles. The monoisotopic (exact) mass is 452 g/mol. The molecule has 6 rings (SSSR count). The highest BCUT2D eigenvalue weighted by Crippen LogP contribution is 2.47. The number of hydrogen-bond donors (Lipinski definition) is 0. The zero-order valence-electron chi connectivity index (χ0n) is 18.2. The van der Waals surface area contributed by atoms with Gasteiger partial charge < -0.3 is 9.64 Å². The number of aryl methyl sites for hydroxylation is 1. The van der Waals surface area contributed by atoms with Crippen molar-refractivity contribution in [2.45, 2.75) is 13.0 Å². The van der Waals surface area contributed by atoms with Crippen LogP contribution in [0.15, 0.2) is 83.9 Å². The van der Waals surface area contributed by atoms with Crippen LogP contribution in [0, 0.1) is 6.92 Å². The molecule has 3 aromatic carbocycles. The van der Waals surface area contributed by atoms with Gasteiger partial charge in [-0.15, -0.1) is 0 Å². The number of para-hydroxylation sites is 1. The Balaban J connectivity index is 1.63. The number of fused-ring (bicyclic) bond motifs is 4. The van der Waals surface area contributed by atoms with Gasteiger partial charge in [0.2, 0.25) is 0 Å². The SMILES string of the molecule is COc1cccc(C2c3c(C)nn(-c4ccc(Cl)cc4)c3N=C3C=Cc4ccccc4N32)c1. The predicted octanol–water partition coefficient (Wildman–Crippen LogP) is 6.51. The van der Waals surface area contributed by atoms with Gasteiger partial charge >= 0.3 is 0 Å². The number of aliphatic imine (C=N–C) groups is 1. The number of hydrogen-bond acceptors (Lipinski definition) is 4. The van der Waals surface area contributed by atoms with Crippen molar-refractivity contribution in [1.29, 1.82) is 0 Å². The highest BCUT2D eigenvalue weighted by Gasteiger charge is 2.38. The lowest BCUT2D eigenvalue weighted by atomic mass is 9.92. The maximum absolute atomic E-state index is 6.13. The number of halogens is 1. The molecule has 33 heavy (non-hydrogen) atoms. The lowest BCUT2D eigenvalue weighted by Crippen LogP contribution is -2.38. The number of anilines is 1. The molecule has 1 unspecified atom stereocenters. The maximum Gasteiger partial charge on any atom is 0.163 e. The van der Waals surface area contributed by atoms with E-state index in [9.17, 15) is 0 Å². The Hall–Kier alpha value is -3.83. The zero-order valence-corrected chi connectivity index (χ0v) is 19.0. The van der Waals surface area contributed by atoms with Gasteiger partial charge in [-0.1, -0.05) is 41.9 Å². The fourth-order valence-corrected chi connectivity index (χ4v) is 4.79. The molecule has 4 aromatic rings. The molecular weight excluding hydrogens is 432 g/mol. The number of ether oxygens (including phenoxy) is 1.